The molecule has 0 saturated carbocycles. The minimum absolute atomic E-state index is 0.0934. The van der Waals surface area contributed by atoms with Gasteiger partial charge in [0.15, 0.2) is 6.04 Å². The predicted octanol–water partition coefficient (Wildman–Crippen LogP) is 3.02. The van der Waals surface area contributed by atoms with Crippen molar-refractivity contribution in [3.8, 4) is 5.75 Å². The number of hydrogen-bond donors (Lipinski definition) is 1. The zero-order chi connectivity index (χ0) is 20.6. The van der Waals surface area contributed by atoms with Crippen molar-refractivity contribution in [2.24, 2.45) is 0 Å². The Hall–Kier alpha value is -2.75. The first-order chi connectivity index (χ1) is 13.9. The number of morpholine rings is 1. The van der Waals surface area contributed by atoms with E-state index in [1.807, 2.05) is 0 Å². The van der Waals surface area contributed by atoms with Gasteiger partial charge in [-0.25, -0.2) is 4.68 Å². The summed E-state index contributed by atoms with van der Waals surface area (Å²) in [5.41, 5.74) is 0.816. The summed E-state index contributed by atoms with van der Waals surface area (Å²) in [6.07, 6.45) is -3.50. The number of fused-ring (bicyclic) bond motifs is 1. The Balaban J connectivity index is 1.68. The van der Waals surface area contributed by atoms with Gasteiger partial charge in [0, 0.05) is 19.5 Å². The summed E-state index contributed by atoms with van der Waals surface area (Å²) in [6.45, 7) is 1.60. The van der Waals surface area contributed by atoms with Crippen molar-refractivity contribution in [3.63, 3.8) is 0 Å². The lowest BCUT2D eigenvalue weighted by molar-refractivity contribution is -0.173. The van der Waals surface area contributed by atoms with Gasteiger partial charge in [-0.3, -0.25) is 4.79 Å². The Kier molecular flexibility index (Phi) is 5.12. The number of carbonyl (C=O) groups excluding carboxylic acids is 1. The lowest BCUT2D eigenvalue weighted by Crippen LogP contribution is -2.41. The number of hydrogen-bond acceptors (Lipinski definition) is 5. The minimum Gasteiger partial charge on any atom is -0.497 e. The number of halogens is 3. The smallest absolute Gasteiger partial charge is 0.410 e. The molecular formula is C19H21F3N4O3. The molecule has 2 atom stereocenters. The monoisotopic (exact) mass is 410 g/mol. The number of nitrogens with zero attached hydrogens (tertiary/aromatic N) is 3. The van der Waals surface area contributed by atoms with Crippen LogP contribution in [0.4, 0.5) is 19.0 Å². The third-order valence-corrected chi connectivity index (χ3v) is 5.29. The highest BCUT2D eigenvalue weighted by Gasteiger charge is 2.47. The van der Waals surface area contributed by atoms with Crippen molar-refractivity contribution in [1.82, 2.24) is 14.7 Å². The largest absolute Gasteiger partial charge is 0.497 e. The molecule has 2 aromatic rings. The van der Waals surface area contributed by atoms with Gasteiger partial charge >= 0.3 is 6.18 Å². The molecule has 0 bridgehead atoms. The average molecular weight is 410 g/mol. The number of aromatic nitrogens is 2. The van der Waals surface area contributed by atoms with Crippen LogP contribution in [0.15, 0.2) is 30.5 Å². The SMILES string of the molecule is COc1ccc([C@@H]2C[C@@H](C(F)(F)F)n3ncc(C(=O)N4CCOCC4)c3N2)cc1. The van der Waals surface area contributed by atoms with E-state index in [0.29, 0.717) is 37.6 Å². The lowest BCUT2D eigenvalue weighted by atomic mass is 9.96. The van der Waals surface area contributed by atoms with E-state index in [1.54, 1.807) is 29.2 Å². The van der Waals surface area contributed by atoms with Crippen LogP contribution in [-0.2, 0) is 4.74 Å². The third kappa shape index (κ3) is 3.76. The first-order valence-electron chi connectivity index (χ1n) is 9.30. The van der Waals surface area contributed by atoms with Crippen molar-refractivity contribution >= 4 is 11.7 Å². The van der Waals surface area contributed by atoms with E-state index in [4.69, 9.17) is 9.47 Å². The van der Waals surface area contributed by atoms with Crippen molar-refractivity contribution in [3.05, 3.63) is 41.6 Å². The van der Waals surface area contributed by atoms with E-state index in [1.165, 1.54) is 13.3 Å². The van der Waals surface area contributed by atoms with E-state index in [9.17, 15) is 18.0 Å². The second kappa shape index (κ2) is 7.58. The van der Waals surface area contributed by atoms with Crippen LogP contribution in [0, 0.1) is 0 Å². The summed E-state index contributed by atoms with van der Waals surface area (Å²) in [4.78, 5) is 14.5. The van der Waals surface area contributed by atoms with Crippen LogP contribution in [-0.4, -0.2) is 60.2 Å². The molecule has 10 heteroatoms. The number of alkyl halides is 3. The molecular weight excluding hydrogens is 389 g/mol. The highest BCUT2D eigenvalue weighted by Crippen LogP contribution is 2.44. The van der Waals surface area contributed by atoms with Gasteiger partial charge in [-0.1, -0.05) is 12.1 Å². The number of methoxy groups -OCH3 is 1. The summed E-state index contributed by atoms with van der Waals surface area (Å²) in [5.74, 6) is 0.361. The van der Waals surface area contributed by atoms with Crippen molar-refractivity contribution in [1.29, 1.82) is 0 Å². The second-order valence-corrected chi connectivity index (χ2v) is 7.02. The van der Waals surface area contributed by atoms with Gasteiger partial charge in [-0.2, -0.15) is 18.3 Å². The molecule has 29 heavy (non-hydrogen) atoms. The maximum absolute atomic E-state index is 13.8. The van der Waals surface area contributed by atoms with E-state index < -0.39 is 18.3 Å². The molecule has 2 aliphatic heterocycles. The number of carbonyl (C=O) groups is 1. The zero-order valence-electron chi connectivity index (χ0n) is 15.8. The van der Waals surface area contributed by atoms with Crippen molar-refractivity contribution in [2.75, 3.05) is 38.7 Å². The quantitative estimate of drug-likeness (QED) is 0.843. The Labute approximate surface area is 165 Å². The molecule has 1 fully saturated rings. The first-order valence-corrected chi connectivity index (χ1v) is 9.30. The fourth-order valence-electron chi connectivity index (χ4n) is 3.71. The van der Waals surface area contributed by atoms with Gasteiger partial charge in [0.2, 0.25) is 0 Å². The molecule has 1 aromatic carbocycles. The lowest BCUT2D eigenvalue weighted by Gasteiger charge is -2.34. The van der Waals surface area contributed by atoms with Gasteiger partial charge in [0.05, 0.1) is 32.6 Å². The van der Waals surface area contributed by atoms with E-state index >= 15 is 0 Å². The van der Waals surface area contributed by atoms with E-state index in [0.717, 1.165) is 4.68 Å². The van der Waals surface area contributed by atoms with Crippen LogP contribution < -0.4 is 10.1 Å². The number of amides is 1. The fourth-order valence-corrected chi connectivity index (χ4v) is 3.71. The van der Waals surface area contributed by atoms with E-state index in [2.05, 4.69) is 10.4 Å². The molecule has 4 rings (SSSR count). The van der Waals surface area contributed by atoms with Crippen molar-refractivity contribution in [2.45, 2.75) is 24.7 Å². The van der Waals surface area contributed by atoms with Crippen LogP contribution in [0.25, 0.3) is 0 Å². The van der Waals surface area contributed by atoms with E-state index in [-0.39, 0.29) is 23.7 Å². The molecule has 0 spiro atoms. The zero-order valence-corrected chi connectivity index (χ0v) is 15.8. The number of ether oxygens (including phenoxy) is 2. The molecule has 1 saturated heterocycles. The van der Waals surface area contributed by atoms with Crippen LogP contribution in [0.1, 0.15) is 34.4 Å². The molecule has 2 aliphatic rings. The normalized spacial score (nSPS) is 22.0. The fraction of sp³-hybridized carbons (Fsp3) is 0.474. The Morgan fingerprint density at radius 3 is 2.55 bits per heavy atom. The standard InChI is InChI=1S/C19H21F3N4O3/c1-28-13-4-2-12(3-5-13)15-10-16(19(20,21)22)26-17(24-15)14(11-23-26)18(27)25-6-8-29-9-7-25/h2-5,11,15-16,24H,6-10H2,1H3/t15-,16-/m0/s1. The topological polar surface area (TPSA) is 68.6 Å². The minimum atomic E-state index is -4.49. The molecule has 3 heterocycles. The molecule has 0 radical (unpaired) electrons. The summed E-state index contributed by atoms with van der Waals surface area (Å²) in [6, 6.07) is 4.40. The Bertz CT molecular complexity index is 876. The number of benzene rings is 1. The summed E-state index contributed by atoms with van der Waals surface area (Å²) < 4.78 is 52.6. The van der Waals surface area contributed by atoms with Gasteiger partial charge < -0.3 is 19.7 Å². The maximum atomic E-state index is 13.8. The van der Waals surface area contributed by atoms with Crippen LogP contribution in [0.3, 0.4) is 0 Å². The van der Waals surface area contributed by atoms with Gasteiger partial charge in [0.1, 0.15) is 17.1 Å². The van der Waals surface area contributed by atoms with Crippen LogP contribution >= 0.6 is 0 Å². The van der Waals surface area contributed by atoms with Gasteiger partial charge in [0.25, 0.3) is 5.91 Å². The molecule has 1 amide bonds. The number of nitrogens with one attached hydrogen (secondary N) is 1. The van der Waals surface area contributed by atoms with Gasteiger partial charge in [-0.15, -0.1) is 0 Å². The molecule has 0 aliphatic carbocycles. The number of rotatable bonds is 3. The molecule has 1 N–H and O–H groups in total. The second-order valence-electron chi connectivity index (χ2n) is 7.02. The van der Waals surface area contributed by atoms with Gasteiger partial charge in [-0.05, 0) is 17.7 Å². The highest BCUT2D eigenvalue weighted by molar-refractivity contribution is 5.99. The average Bonchev–Trinajstić information content (AvgIpc) is 3.16. The summed E-state index contributed by atoms with van der Waals surface area (Å²) in [5, 5.41) is 7.01. The van der Waals surface area contributed by atoms with Crippen LogP contribution in [0.2, 0.25) is 0 Å². The van der Waals surface area contributed by atoms with Crippen LogP contribution in [0.5, 0.6) is 5.75 Å². The highest BCUT2D eigenvalue weighted by atomic mass is 19.4. The maximum Gasteiger partial charge on any atom is 0.410 e. The van der Waals surface area contributed by atoms with Crippen molar-refractivity contribution < 1.29 is 27.4 Å². The summed E-state index contributed by atoms with van der Waals surface area (Å²) in [7, 11) is 1.52. The first kappa shape index (κ1) is 19.6. The molecule has 0 unspecified atom stereocenters. The molecule has 1 aromatic heterocycles. The molecule has 156 valence electrons. The molecule has 7 nitrogen and oxygen atoms in total. The Morgan fingerprint density at radius 2 is 1.93 bits per heavy atom. The Morgan fingerprint density at radius 1 is 1.24 bits per heavy atom. The third-order valence-electron chi connectivity index (χ3n) is 5.29. The number of anilines is 1. The summed E-state index contributed by atoms with van der Waals surface area (Å²) >= 11 is 0. The predicted molar refractivity (Wildman–Crippen MR) is 98.0 cm³/mol.